The highest BCUT2D eigenvalue weighted by atomic mass is 16.5. The van der Waals surface area contributed by atoms with Crippen molar-refractivity contribution >= 4 is 5.91 Å². The Hall–Kier alpha value is -2.34. The molecule has 0 spiro atoms. The second-order valence-corrected chi connectivity index (χ2v) is 7.95. The van der Waals surface area contributed by atoms with E-state index in [1.807, 2.05) is 48.7 Å². The molecule has 1 aromatic carbocycles. The summed E-state index contributed by atoms with van der Waals surface area (Å²) in [5.74, 6) is 1.14. The lowest BCUT2D eigenvalue weighted by Crippen LogP contribution is -2.42. The average Bonchev–Trinajstić information content (AvgIpc) is 3.19. The van der Waals surface area contributed by atoms with Crippen molar-refractivity contribution in [1.82, 2.24) is 14.7 Å². The van der Waals surface area contributed by atoms with Gasteiger partial charge in [-0.2, -0.15) is 5.10 Å². The third-order valence-corrected chi connectivity index (χ3v) is 6.37. The van der Waals surface area contributed by atoms with Crippen molar-refractivity contribution in [2.24, 2.45) is 12.5 Å². The van der Waals surface area contributed by atoms with Crippen LogP contribution in [0.25, 0.3) is 0 Å². The van der Waals surface area contributed by atoms with Crippen LogP contribution < -0.4 is 4.74 Å². The number of benzene rings is 1. The number of ether oxygens (including phenoxy) is 1. The van der Waals surface area contributed by atoms with Crippen molar-refractivity contribution < 1.29 is 14.6 Å². The van der Waals surface area contributed by atoms with Gasteiger partial charge in [-0.1, -0.05) is 18.2 Å². The zero-order chi connectivity index (χ0) is 19.2. The summed E-state index contributed by atoms with van der Waals surface area (Å²) in [6, 6.07) is 7.98. The van der Waals surface area contributed by atoms with Crippen molar-refractivity contribution in [3.8, 4) is 5.75 Å². The van der Waals surface area contributed by atoms with Crippen LogP contribution in [0.2, 0.25) is 0 Å². The smallest absolute Gasteiger partial charge is 0.222 e. The predicted molar refractivity (Wildman–Crippen MR) is 102 cm³/mol. The number of carbonyl (C=O) groups excluding carboxylic acids is 1. The largest absolute Gasteiger partial charge is 0.493 e. The van der Waals surface area contributed by atoms with Gasteiger partial charge in [0.25, 0.3) is 0 Å². The number of likely N-dealkylation sites (tertiary alicyclic amines) is 1. The zero-order valence-electron chi connectivity index (χ0n) is 16.2. The second kappa shape index (κ2) is 6.68. The first-order chi connectivity index (χ1) is 12.9. The van der Waals surface area contributed by atoms with Crippen LogP contribution in [0.3, 0.4) is 0 Å². The first-order valence-electron chi connectivity index (χ1n) is 9.54. The molecule has 2 aromatic rings. The fraction of sp³-hybridized carbons (Fsp3) is 0.524. The van der Waals surface area contributed by atoms with Crippen LogP contribution in [0, 0.1) is 19.3 Å². The number of carbonyl (C=O) groups is 1. The summed E-state index contributed by atoms with van der Waals surface area (Å²) in [5.41, 5.74) is 3.97. The molecular formula is C21H27N3O3. The van der Waals surface area contributed by atoms with Gasteiger partial charge in [-0.15, -0.1) is 0 Å². The summed E-state index contributed by atoms with van der Waals surface area (Å²) in [7, 11) is 1.93. The van der Waals surface area contributed by atoms with E-state index in [2.05, 4.69) is 11.2 Å². The SMILES string of the molecule is Cc1nn(C)c(C)c1CCC(=O)N1C[C@@H]2c3ccccc3OC[C@]2(CO)C1. The van der Waals surface area contributed by atoms with Crippen molar-refractivity contribution in [2.75, 3.05) is 26.3 Å². The normalized spacial score (nSPS) is 23.7. The second-order valence-electron chi connectivity index (χ2n) is 7.95. The molecule has 27 heavy (non-hydrogen) atoms. The molecule has 6 heteroatoms. The molecule has 3 heterocycles. The number of fused-ring (bicyclic) bond motifs is 3. The van der Waals surface area contributed by atoms with Gasteiger partial charge in [0.1, 0.15) is 5.75 Å². The number of hydrogen-bond donors (Lipinski definition) is 1. The Morgan fingerprint density at radius 1 is 1.37 bits per heavy atom. The monoisotopic (exact) mass is 369 g/mol. The van der Waals surface area contributed by atoms with E-state index in [0.29, 0.717) is 32.5 Å². The molecule has 6 nitrogen and oxygen atoms in total. The maximum atomic E-state index is 12.9. The zero-order valence-corrected chi connectivity index (χ0v) is 16.2. The highest BCUT2D eigenvalue weighted by Crippen LogP contribution is 2.49. The lowest BCUT2D eigenvalue weighted by molar-refractivity contribution is -0.130. The Labute approximate surface area is 159 Å². The Morgan fingerprint density at radius 2 is 2.15 bits per heavy atom. The van der Waals surface area contributed by atoms with Crippen molar-refractivity contribution in [3.05, 3.63) is 46.8 Å². The van der Waals surface area contributed by atoms with Crippen molar-refractivity contribution in [3.63, 3.8) is 0 Å². The van der Waals surface area contributed by atoms with Crippen LogP contribution in [0.15, 0.2) is 24.3 Å². The minimum atomic E-state index is -0.399. The Balaban J connectivity index is 1.50. The fourth-order valence-electron chi connectivity index (χ4n) is 4.63. The third-order valence-electron chi connectivity index (χ3n) is 6.37. The van der Waals surface area contributed by atoms with Gasteiger partial charge in [-0.25, -0.2) is 0 Å². The van der Waals surface area contributed by atoms with E-state index >= 15 is 0 Å². The molecule has 2 aliphatic heterocycles. The predicted octanol–water partition coefficient (Wildman–Crippen LogP) is 1.97. The van der Waals surface area contributed by atoms with E-state index in [1.165, 1.54) is 0 Å². The number of aliphatic hydroxyl groups is 1. The van der Waals surface area contributed by atoms with Gasteiger partial charge < -0.3 is 14.7 Å². The molecule has 4 rings (SSSR count). The lowest BCUT2D eigenvalue weighted by Gasteiger charge is -2.37. The number of hydrogen-bond acceptors (Lipinski definition) is 4. The van der Waals surface area contributed by atoms with E-state index in [1.54, 1.807) is 0 Å². The van der Waals surface area contributed by atoms with Crippen molar-refractivity contribution in [1.29, 1.82) is 0 Å². The van der Waals surface area contributed by atoms with Crippen molar-refractivity contribution in [2.45, 2.75) is 32.6 Å². The van der Waals surface area contributed by atoms with Crippen LogP contribution in [-0.4, -0.2) is 52.0 Å². The average molecular weight is 369 g/mol. The Bertz CT molecular complexity index is 876. The van der Waals surface area contributed by atoms with E-state index < -0.39 is 5.41 Å². The molecule has 2 atom stereocenters. The van der Waals surface area contributed by atoms with Gasteiger partial charge in [0.2, 0.25) is 5.91 Å². The number of rotatable bonds is 4. The molecule has 0 saturated carbocycles. The maximum absolute atomic E-state index is 12.9. The molecule has 1 fully saturated rings. The number of para-hydroxylation sites is 1. The van der Waals surface area contributed by atoms with Gasteiger partial charge in [0.05, 0.1) is 24.3 Å². The van der Waals surface area contributed by atoms with E-state index in [0.717, 1.165) is 28.3 Å². The molecule has 0 aliphatic carbocycles. The molecule has 1 saturated heterocycles. The number of aliphatic hydroxyl groups excluding tert-OH is 1. The fourth-order valence-corrected chi connectivity index (χ4v) is 4.63. The number of aromatic nitrogens is 2. The maximum Gasteiger partial charge on any atom is 0.222 e. The van der Waals surface area contributed by atoms with Crippen LogP contribution in [0.5, 0.6) is 5.75 Å². The summed E-state index contributed by atoms with van der Waals surface area (Å²) in [4.78, 5) is 14.8. The highest BCUT2D eigenvalue weighted by Gasteiger charge is 2.51. The topological polar surface area (TPSA) is 67.6 Å². The molecule has 0 unspecified atom stereocenters. The highest BCUT2D eigenvalue weighted by molar-refractivity contribution is 5.77. The van der Waals surface area contributed by atoms with Gasteiger partial charge >= 0.3 is 0 Å². The standard InChI is InChI=1S/C21H27N3O3/c1-14-16(15(2)23(3)22-14)8-9-20(26)24-10-18-17-6-4-5-7-19(17)27-13-21(18,11-24)12-25/h4-7,18,25H,8-13H2,1-3H3/t18-,21-/m1/s1. The molecule has 1 aromatic heterocycles. The van der Waals surface area contributed by atoms with E-state index in [-0.39, 0.29) is 18.4 Å². The minimum Gasteiger partial charge on any atom is -0.493 e. The third kappa shape index (κ3) is 2.92. The Morgan fingerprint density at radius 3 is 2.85 bits per heavy atom. The lowest BCUT2D eigenvalue weighted by atomic mass is 9.74. The summed E-state index contributed by atoms with van der Waals surface area (Å²) >= 11 is 0. The molecule has 0 radical (unpaired) electrons. The van der Waals surface area contributed by atoms with Crippen LogP contribution in [0.1, 0.15) is 34.9 Å². The minimum absolute atomic E-state index is 0.0244. The Kier molecular flexibility index (Phi) is 4.46. The van der Waals surface area contributed by atoms with Crippen LogP contribution in [-0.2, 0) is 18.3 Å². The number of amides is 1. The van der Waals surface area contributed by atoms with Gasteiger partial charge in [-0.05, 0) is 37.5 Å². The molecule has 1 amide bonds. The van der Waals surface area contributed by atoms with Crippen LogP contribution >= 0.6 is 0 Å². The summed E-state index contributed by atoms with van der Waals surface area (Å²) in [6.45, 7) is 5.70. The first-order valence-corrected chi connectivity index (χ1v) is 9.54. The van der Waals surface area contributed by atoms with Gasteiger partial charge in [-0.3, -0.25) is 9.48 Å². The van der Waals surface area contributed by atoms with Gasteiger partial charge in [0, 0.05) is 38.2 Å². The molecule has 2 aliphatic rings. The molecule has 0 bridgehead atoms. The van der Waals surface area contributed by atoms with E-state index in [9.17, 15) is 9.90 Å². The van der Waals surface area contributed by atoms with Crippen LogP contribution in [0.4, 0.5) is 0 Å². The molecular weight excluding hydrogens is 342 g/mol. The quantitative estimate of drug-likeness (QED) is 0.895. The number of aryl methyl sites for hydroxylation is 2. The number of nitrogens with zero attached hydrogens (tertiary/aromatic N) is 3. The first kappa shape index (κ1) is 18.0. The summed E-state index contributed by atoms with van der Waals surface area (Å²) < 4.78 is 7.78. The summed E-state index contributed by atoms with van der Waals surface area (Å²) in [6.07, 6.45) is 1.16. The van der Waals surface area contributed by atoms with E-state index in [4.69, 9.17) is 4.74 Å². The molecule has 144 valence electrons. The van der Waals surface area contributed by atoms with Gasteiger partial charge in [0.15, 0.2) is 0 Å². The molecule has 1 N–H and O–H groups in total. The summed E-state index contributed by atoms with van der Waals surface area (Å²) in [5, 5.41) is 14.6.